The molecule has 0 amide bonds. The van der Waals surface area contributed by atoms with Crippen LogP contribution in [0.5, 0.6) is 5.75 Å². The van der Waals surface area contributed by atoms with E-state index in [9.17, 15) is 13.2 Å². The van der Waals surface area contributed by atoms with E-state index in [1.807, 2.05) is 6.92 Å². The summed E-state index contributed by atoms with van der Waals surface area (Å²) in [6.45, 7) is 3.98. The van der Waals surface area contributed by atoms with Gasteiger partial charge >= 0.3 is 0 Å². The Balaban J connectivity index is 2.24. The number of benzene rings is 1. The summed E-state index contributed by atoms with van der Waals surface area (Å²) in [7, 11) is -1.49. The Bertz CT molecular complexity index is 1110. The van der Waals surface area contributed by atoms with E-state index >= 15 is 0 Å². The van der Waals surface area contributed by atoms with Crippen LogP contribution in [0.4, 0.5) is 0 Å². The van der Waals surface area contributed by atoms with E-state index in [-0.39, 0.29) is 17.1 Å². The van der Waals surface area contributed by atoms with Crippen LogP contribution in [-0.2, 0) is 22.6 Å². The number of fused-ring (bicyclic) bond motifs is 1. The summed E-state index contributed by atoms with van der Waals surface area (Å²) >= 11 is 0. The van der Waals surface area contributed by atoms with Gasteiger partial charge in [-0.1, -0.05) is 13.0 Å². The van der Waals surface area contributed by atoms with Crippen molar-refractivity contribution >= 4 is 15.4 Å². The first-order chi connectivity index (χ1) is 12.4. The number of sulfone groups is 1. The highest BCUT2D eigenvalue weighted by atomic mass is 32.2. The zero-order valence-electron chi connectivity index (χ0n) is 15.0. The number of aromatic nitrogens is 3. The maximum absolute atomic E-state index is 12.3. The van der Waals surface area contributed by atoms with Crippen LogP contribution in [0.2, 0.25) is 0 Å². The van der Waals surface area contributed by atoms with Crippen LogP contribution >= 0.6 is 0 Å². The van der Waals surface area contributed by atoms with Gasteiger partial charge in [-0.25, -0.2) is 13.4 Å². The lowest BCUT2D eigenvalue weighted by Gasteiger charge is -2.15. The van der Waals surface area contributed by atoms with Crippen LogP contribution in [0.1, 0.15) is 19.4 Å². The second-order valence-corrected chi connectivity index (χ2v) is 8.37. The molecular weight excluding hydrogens is 354 g/mol. The maximum atomic E-state index is 12.3. The Morgan fingerprint density at radius 1 is 1.23 bits per heavy atom. The predicted octanol–water partition coefficient (Wildman–Crippen LogP) is 2.03. The number of nitrogens with zero attached hydrogens (tertiary/aromatic N) is 3. The number of imidazole rings is 1. The van der Waals surface area contributed by atoms with Crippen molar-refractivity contribution in [3.63, 3.8) is 0 Å². The fourth-order valence-corrected chi connectivity index (χ4v) is 3.73. The Morgan fingerprint density at radius 2 is 2.00 bits per heavy atom. The highest BCUT2D eigenvalue weighted by molar-refractivity contribution is 7.90. The molecule has 0 saturated heterocycles. The summed E-state index contributed by atoms with van der Waals surface area (Å²) in [5.41, 5.74) is 2.38. The van der Waals surface area contributed by atoms with Gasteiger partial charge in [0.25, 0.3) is 5.56 Å². The standard InChI is InChI=1S/C18H21N3O4S/c1-4-25-17-7-6-13(11-26(23,24)5-2)8-14(17)16-10-20(3)18(22)15-9-19-12-21(15)16/h6-10,12H,4-5,11H2,1-3H3. The minimum atomic E-state index is -3.16. The predicted molar refractivity (Wildman–Crippen MR) is 100 cm³/mol. The number of rotatable bonds is 6. The minimum absolute atomic E-state index is 0.0399. The van der Waals surface area contributed by atoms with E-state index in [4.69, 9.17) is 4.74 Å². The van der Waals surface area contributed by atoms with E-state index in [0.29, 0.717) is 34.7 Å². The van der Waals surface area contributed by atoms with E-state index in [1.165, 1.54) is 10.8 Å². The Hall–Kier alpha value is -2.61. The number of hydrogen-bond acceptors (Lipinski definition) is 5. The summed E-state index contributed by atoms with van der Waals surface area (Å²) in [5.74, 6) is 0.668. The first-order valence-corrected chi connectivity index (χ1v) is 10.2. The lowest BCUT2D eigenvalue weighted by molar-refractivity contribution is 0.341. The van der Waals surface area contributed by atoms with Gasteiger partial charge in [0.15, 0.2) is 9.84 Å². The van der Waals surface area contributed by atoms with Gasteiger partial charge in [0.2, 0.25) is 0 Å². The third-order valence-corrected chi connectivity index (χ3v) is 5.85. The van der Waals surface area contributed by atoms with E-state index in [0.717, 1.165) is 0 Å². The molecule has 26 heavy (non-hydrogen) atoms. The van der Waals surface area contributed by atoms with E-state index < -0.39 is 9.84 Å². The summed E-state index contributed by atoms with van der Waals surface area (Å²) in [6.07, 6.45) is 4.78. The van der Waals surface area contributed by atoms with Crippen molar-refractivity contribution in [3.05, 3.63) is 52.8 Å². The minimum Gasteiger partial charge on any atom is -0.493 e. The van der Waals surface area contributed by atoms with Crippen LogP contribution in [0.25, 0.3) is 16.8 Å². The Labute approximate surface area is 151 Å². The van der Waals surface area contributed by atoms with Gasteiger partial charge in [-0.15, -0.1) is 0 Å². The van der Waals surface area contributed by atoms with Crippen molar-refractivity contribution in [2.24, 2.45) is 7.05 Å². The third kappa shape index (κ3) is 3.37. The largest absolute Gasteiger partial charge is 0.493 e. The average Bonchev–Trinajstić information content (AvgIpc) is 3.09. The van der Waals surface area contributed by atoms with Gasteiger partial charge in [-0.3, -0.25) is 9.20 Å². The van der Waals surface area contributed by atoms with Crippen molar-refractivity contribution in [1.82, 2.24) is 14.0 Å². The van der Waals surface area contributed by atoms with Crippen LogP contribution in [0, 0.1) is 0 Å². The number of hydrogen-bond donors (Lipinski definition) is 0. The lowest BCUT2D eigenvalue weighted by atomic mass is 10.1. The molecule has 2 aromatic heterocycles. The summed E-state index contributed by atoms with van der Waals surface area (Å²) in [5, 5.41) is 0. The molecule has 0 radical (unpaired) electrons. The molecule has 3 aromatic rings. The summed E-state index contributed by atoms with van der Waals surface area (Å²) in [6, 6.07) is 5.33. The van der Waals surface area contributed by atoms with E-state index in [1.54, 1.807) is 49.1 Å². The molecule has 0 fully saturated rings. The molecular formula is C18H21N3O4S. The zero-order chi connectivity index (χ0) is 18.9. The molecule has 8 heteroatoms. The molecule has 0 spiro atoms. The summed E-state index contributed by atoms with van der Waals surface area (Å²) < 4.78 is 32.9. The molecule has 7 nitrogen and oxygen atoms in total. The molecule has 0 bridgehead atoms. The van der Waals surface area contributed by atoms with Crippen molar-refractivity contribution < 1.29 is 13.2 Å². The van der Waals surface area contributed by atoms with Crippen LogP contribution in [-0.4, -0.2) is 34.7 Å². The molecule has 138 valence electrons. The first-order valence-electron chi connectivity index (χ1n) is 8.34. The van der Waals surface area contributed by atoms with Gasteiger partial charge in [0.1, 0.15) is 11.3 Å². The molecule has 0 N–H and O–H groups in total. The van der Waals surface area contributed by atoms with Gasteiger partial charge in [-0.2, -0.15) is 0 Å². The van der Waals surface area contributed by atoms with Crippen molar-refractivity contribution in [3.8, 4) is 17.0 Å². The van der Waals surface area contributed by atoms with Gasteiger partial charge in [-0.05, 0) is 24.6 Å². The quantitative estimate of drug-likeness (QED) is 0.658. The number of ether oxygens (including phenoxy) is 1. The van der Waals surface area contributed by atoms with Crippen LogP contribution in [0.15, 0.2) is 41.7 Å². The first kappa shape index (κ1) is 18.2. The zero-order valence-corrected chi connectivity index (χ0v) is 15.8. The van der Waals surface area contributed by atoms with E-state index in [2.05, 4.69) is 4.98 Å². The van der Waals surface area contributed by atoms with Crippen LogP contribution in [0.3, 0.4) is 0 Å². The van der Waals surface area contributed by atoms with Gasteiger partial charge < -0.3 is 9.30 Å². The molecule has 1 aromatic carbocycles. The maximum Gasteiger partial charge on any atom is 0.276 e. The molecule has 0 aliphatic carbocycles. The van der Waals surface area contributed by atoms with Crippen molar-refractivity contribution in [2.75, 3.05) is 12.4 Å². The van der Waals surface area contributed by atoms with Crippen molar-refractivity contribution in [2.45, 2.75) is 19.6 Å². The second-order valence-electron chi connectivity index (χ2n) is 6.02. The monoisotopic (exact) mass is 375 g/mol. The van der Waals surface area contributed by atoms with Crippen LogP contribution < -0.4 is 10.3 Å². The Kier molecular flexibility index (Phi) is 4.86. The smallest absolute Gasteiger partial charge is 0.276 e. The highest BCUT2D eigenvalue weighted by Crippen LogP contribution is 2.31. The average molecular weight is 375 g/mol. The fraction of sp³-hybridized carbons (Fsp3) is 0.333. The molecule has 0 atom stereocenters. The molecule has 0 saturated carbocycles. The second kappa shape index (κ2) is 6.95. The molecule has 0 unspecified atom stereocenters. The topological polar surface area (TPSA) is 82.7 Å². The molecule has 0 aliphatic rings. The molecule has 0 aliphatic heterocycles. The molecule has 3 rings (SSSR count). The van der Waals surface area contributed by atoms with Gasteiger partial charge in [0, 0.05) is 24.6 Å². The Morgan fingerprint density at radius 3 is 2.69 bits per heavy atom. The normalized spacial score (nSPS) is 11.8. The fourth-order valence-electron chi connectivity index (χ4n) is 2.83. The van der Waals surface area contributed by atoms with Crippen molar-refractivity contribution in [1.29, 1.82) is 0 Å². The van der Waals surface area contributed by atoms with Gasteiger partial charge in [0.05, 0.1) is 30.6 Å². The SMILES string of the molecule is CCOc1ccc(CS(=O)(=O)CC)cc1-c1cn(C)c(=O)c2cncn12. The molecule has 2 heterocycles. The lowest BCUT2D eigenvalue weighted by Crippen LogP contribution is -2.19. The third-order valence-electron chi connectivity index (χ3n) is 4.20. The summed E-state index contributed by atoms with van der Waals surface area (Å²) in [4.78, 5) is 16.3. The highest BCUT2D eigenvalue weighted by Gasteiger charge is 2.16. The number of aryl methyl sites for hydroxylation is 1.